The fourth-order valence-electron chi connectivity index (χ4n) is 2.21. The molecule has 0 heterocycles. The van der Waals surface area contributed by atoms with E-state index in [1.807, 2.05) is 6.26 Å². The zero-order chi connectivity index (χ0) is 23.3. The molecule has 0 aliphatic heterocycles. The van der Waals surface area contributed by atoms with E-state index in [1.54, 1.807) is 11.8 Å². The number of amides is 3. The molecule has 10 N–H and O–H groups in total. The number of guanidine groups is 1. The summed E-state index contributed by atoms with van der Waals surface area (Å²) >= 11 is 1.55. The molecular weight excluding hydrogens is 414 g/mol. The maximum atomic E-state index is 12.5. The molecule has 0 saturated carbocycles. The van der Waals surface area contributed by atoms with E-state index in [9.17, 15) is 19.2 Å². The second kappa shape index (κ2) is 14.4. The molecular formula is C17H33N7O5S. The Bertz CT molecular complexity index is 628. The maximum Gasteiger partial charge on any atom is 0.325 e. The van der Waals surface area contributed by atoms with Crippen molar-refractivity contribution in [3.63, 3.8) is 0 Å². The lowest BCUT2D eigenvalue weighted by molar-refractivity contribution is -0.141. The lowest BCUT2D eigenvalue weighted by Crippen LogP contribution is -2.56. The van der Waals surface area contributed by atoms with Gasteiger partial charge in [-0.15, -0.1) is 0 Å². The first-order valence-corrected chi connectivity index (χ1v) is 10.8. The molecule has 12 nitrogen and oxygen atoms in total. The Morgan fingerprint density at radius 2 is 1.57 bits per heavy atom. The first-order chi connectivity index (χ1) is 14.0. The van der Waals surface area contributed by atoms with Gasteiger partial charge in [0.05, 0.1) is 6.04 Å². The predicted octanol–water partition coefficient (Wildman–Crippen LogP) is -2.30. The standard InChI is InChI=1S/C17H33N7O5S/c1-9(22-14(26)11(18)6-8-30-3)13(25)24-12(5-4-7-21-17(19)20)15(27)23-10(2)16(28)29/h9-12H,4-8,18H2,1-3H3,(H,22,26)(H,23,27)(H,24,25)(H,28,29)(H4,19,20,21). The number of nitrogens with two attached hydrogens (primary N) is 3. The Morgan fingerprint density at radius 3 is 2.10 bits per heavy atom. The number of thioether (sulfide) groups is 1. The van der Waals surface area contributed by atoms with Crippen LogP contribution in [0.2, 0.25) is 0 Å². The highest BCUT2D eigenvalue weighted by Crippen LogP contribution is 2.02. The Hall–Kier alpha value is -2.54. The highest BCUT2D eigenvalue weighted by Gasteiger charge is 2.27. The van der Waals surface area contributed by atoms with Crippen LogP contribution in [-0.4, -0.2) is 77.5 Å². The smallest absolute Gasteiger partial charge is 0.325 e. The second-order valence-electron chi connectivity index (χ2n) is 6.70. The predicted molar refractivity (Wildman–Crippen MR) is 116 cm³/mol. The van der Waals surface area contributed by atoms with Crippen molar-refractivity contribution >= 4 is 41.4 Å². The number of rotatable bonds is 14. The summed E-state index contributed by atoms with van der Waals surface area (Å²) in [5, 5.41) is 16.3. The maximum absolute atomic E-state index is 12.5. The minimum Gasteiger partial charge on any atom is -0.480 e. The van der Waals surface area contributed by atoms with Gasteiger partial charge in [0.2, 0.25) is 17.7 Å². The largest absolute Gasteiger partial charge is 0.480 e. The third kappa shape index (κ3) is 11.5. The summed E-state index contributed by atoms with van der Waals surface area (Å²) in [4.78, 5) is 51.7. The van der Waals surface area contributed by atoms with Crippen molar-refractivity contribution in [2.75, 3.05) is 18.6 Å². The number of carboxylic acids is 1. The highest BCUT2D eigenvalue weighted by atomic mass is 32.2. The van der Waals surface area contributed by atoms with E-state index in [-0.39, 0.29) is 18.9 Å². The van der Waals surface area contributed by atoms with Crippen molar-refractivity contribution in [1.82, 2.24) is 16.0 Å². The first-order valence-electron chi connectivity index (χ1n) is 9.43. The molecule has 0 aliphatic carbocycles. The number of aliphatic imine (C=N–C) groups is 1. The fourth-order valence-corrected chi connectivity index (χ4v) is 2.70. The zero-order valence-electron chi connectivity index (χ0n) is 17.5. The van der Waals surface area contributed by atoms with Crippen LogP contribution in [-0.2, 0) is 19.2 Å². The molecule has 0 bridgehead atoms. The minimum absolute atomic E-state index is 0.103. The average molecular weight is 448 g/mol. The summed E-state index contributed by atoms with van der Waals surface area (Å²) in [7, 11) is 0. The van der Waals surface area contributed by atoms with Gasteiger partial charge in [-0.2, -0.15) is 11.8 Å². The topological polar surface area (TPSA) is 215 Å². The number of nitrogens with zero attached hydrogens (tertiary/aromatic N) is 1. The van der Waals surface area contributed by atoms with Crippen LogP contribution in [0.1, 0.15) is 33.1 Å². The van der Waals surface area contributed by atoms with Crippen molar-refractivity contribution in [3.8, 4) is 0 Å². The summed E-state index contributed by atoms with van der Waals surface area (Å²) < 4.78 is 0. The molecule has 0 fully saturated rings. The molecule has 4 unspecified atom stereocenters. The molecule has 0 aliphatic rings. The van der Waals surface area contributed by atoms with Crippen LogP contribution in [0.5, 0.6) is 0 Å². The summed E-state index contributed by atoms with van der Waals surface area (Å²) in [5.41, 5.74) is 16.3. The molecule has 0 aromatic rings. The van der Waals surface area contributed by atoms with Gasteiger partial charge in [0, 0.05) is 6.54 Å². The van der Waals surface area contributed by atoms with E-state index in [0.29, 0.717) is 18.6 Å². The van der Waals surface area contributed by atoms with Crippen LogP contribution in [0, 0.1) is 0 Å². The number of hydrogen-bond acceptors (Lipinski definition) is 7. The number of carbonyl (C=O) groups is 4. The monoisotopic (exact) mass is 447 g/mol. The van der Waals surface area contributed by atoms with Gasteiger partial charge in [0.25, 0.3) is 0 Å². The fraction of sp³-hybridized carbons (Fsp3) is 0.706. The number of nitrogens with one attached hydrogen (secondary N) is 3. The van der Waals surface area contributed by atoms with Crippen LogP contribution in [0.4, 0.5) is 0 Å². The summed E-state index contributed by atoms with van der Waals surface area (Å²) in [6, 6.07) is -3.86. The Kier molecular flexibility index (Phi) is 13.2. The molecule has 0 rings (SSSR count). The molecule has 0 radical (unpaired) electrons. The van der Waals surface area contributed by atoms with E-state index >= 15 is 0 Å². The zero-order valence-corrected chi connectivity index (χ0v) is 18.3. The van der Waals surface area contributed by atoms with E-state index in [0.717, 1.165) is 0 Å². The van der Waals surface area contributed by atoms with Gasteiger partial charge in [0.1, 0.15) is 18.1 Å². The van der Waals surface area contributed by atoms with E-state index in [2.05, 4.69) is 20.9 Å². The van der Waals surface area contributed by atoms with Gasteiger partial charge in [-0.05, 0) is 45.1 Å². The lowest BCUT2D eigenvalue weighted by atomic mass is 10.1. The number of hydrogen-bond donors (Lipinski definition) is 7. The van der Waals surface area contributed by atoms with Crippen LogP contribution >= 0.6 is 11.8 Å². The molecule has 30 heavy (non-hydrogen) atoms. The van der Waals surface area contributed by atoms with Crippen molar-refractivity contribution in [2.24, 2.45) is 22.2 Å². The third-order valence-electron chi connectivity index (χ3n) is 4.03. The first kappa shape index (κ1) is 27.5. The Morgan fingerprint density at radius 1 is 0.967 bits per heavy atom. The normalized spacial score (nSPS) is 14.5. The minimum atomic E-state index is -1.21. The van der Waals surface area contributed by atoms with Gasteiger partial charge in [-0.25, -0.2) is 0 Å². The summed E-state index contributed by atoms with van der Waals surface area (Å²) in [6.07, 6.45) is 2.88. The number of aliphatic carboxylic acids is 1. The quantitative estimate of drug-likeness (QED) is 0.0864. The van der Waals surface area contributed by atoms with Crippen LogP contribution in [0.3, 0.4) is 0 Å². The summed E-state index contributed by atoms with van der Waals surface area (Å²) in [5.74, 6) is -2.36. The van der Waals surface area contributed by atoms with Crippen LogP contribution in [0.15, 0.2) is 4.99 Å². The van der Waals surface area contributed by atoms with Crippen LogP contribution < -0.4 is 33.2 Å². The van der Waals surface area contributed by atoms with E-state index in [4.69, 9.17) is 22.3 Å². The van der Waals surface area contributed by atoms with Crippen molar-refractivity contribution < 1.29 is 24.3 Å². The van der Waals surface area contributed by atoms with Gasteiger partial charge in [-0.3, -0.25) is 24.2 Å². The highest BCUT2D eigenvalue weighted by molar-refractivity contribution is 7.98. The molecule has 4 atom stereocenters. The van der Waals surface area contributed by atoms with Crippen molar-refractivity contribution in [1.29, 1.82) is 0 Å². The van der Waals surface area contributed by atoms with Crippen molar-refractivity contribution in [3.05, 3.63) is 0 Å². The molecule has 13 heteroatoms. The number of carboxylic acid groups (broad SMARTS) is 1. The second-order valence-corrected chi connectivity index (χ2v) is 7.68. The Balaban J connectivity index is 4.97. The van der Waals surface area contributed by atoms with E-state index in [1.165, 1.54) is 13.8 Å². The van der Waals surface area contributed by atoms with Gasteiger partial charge in [0.15, 0.2) is 5.96 Å². The molecule has 0 saturated heterocycles. The third-order valence-corrected chi connectivity index (χ3v) is 4.67. The molecule has 0 aromatic heterocycles. The molecule has 0 spiro atoms. The van der Waals surface area contributed by atoms with Crippen LogP contribution in [0.25, 0.3) is 0 Å². The van der Waals surface area contributed by atoms with E-state index < -0.39 is 47.9 Å². The Labute approximate surface area is 180 Å². The average Bonchev–Trinajstić information content (AvgIpc) is 2.67. The van der Waals surface area contributed by atoms with Gasteiger partial charge in [-0.1, -0.05) is 0 Å². The van der Waals surface area contributed by atoms with Crippen molar-refractivity contribution in [2.45, 2.75) is 57.3 Å². The SMILES string of the molecule is CSCCC(N)C(=O)NC(C)C(=O)NC(CCCN=C(N)N)C(=O)NC(C)C(=O)O. The van der Waals surface area contributed by atoms with Gasteiger partial charge < -0.3 is 38.3 Å². The lowest BCUT2D eigenvalue weighted by Gasteiger charge is -2.23. The molecule has 172 valence electrons. The molecule has 0 aromatic carbocycles. The van der Waals surface area contributed by atoms with Gasteiger partial charge >= 0.3 is 5.97 Å². The molecule has 3 amide bonds. The summed E-state index contributed by atoms with van der Waals surface area (Å²) in [6.45, 7) is 2.99. The number of carbonyl (C=O) groups excluding carboxylic acids is 3.